The molecule has 5 heteroatoms. The summed E-state index contributed by atoms with van der Waals surface area (Å²) in [6.07, 6.45) is 5.56. The Balaban J connectivity index is 1.63. The van der Waals surface area contributed by atoms with Gasteiger partial charge in [-0.15, -0.1) is 0 Å². The molecule has 0 aliphatic carbocycles. The van der Waals surface area contributed by atoms with Crippen molar-refractivity contribution >= 4 is 28.5 Å². The summed E-state index contributed by atoms with van der Waals surface area (Å²) in [7, 11) is 0. The number of piperidine rings is 1. The minimum atomic E-state index is 0.0746. The molecule has 1 aliphatic rings. The Kier molecular flexibility index (Phi) is 5.71. The van der Waals surface area contributed by atoms with Gasteiger partial charge in [-0.1, -0.05) is 6.92 Å². The topological polar surface area (TPSA) is 42.4 Å². The van der Waals surface area contributed by atoms with Crippen molar-refractivity contribution in [3.63, 3.8) is 0 Å². The molecule has 0 N–H and O–H groups in total. The molecular weight excluding hydrogens is 415 g/mol. The summed E-state index contributed by atoms with van der Waals surface area (Å²) >= 11 is 2.26. The molecule has 1 aromatic carbocycles. The number of carbonyl (C=O) groups excluding carboxylic acids is 1. The van der Waals surface area contributed by atoms with E-state index in [9.17, 15) is 4.79 Å². The van der Waals surface area contributed by atoms with E-state index in [1.165, 1.54) is 3.57 Å². The molecule has 0 spiro atoms. The summed E-state index contributed by atoms with van der Waals surface area (Å²) in [5.74, 6) is 1.60. The van der Waals surface area contributed by atoms with Crippen molar-refractivity contribution in [3.05, 3.63) is 57.4 Å². The molecule has 1 amide bonds. The van der Waals surface area contributed by atoms with Crippen molar-refractivity contribution in [2.75, 3.05) is 13.1 Å². The van der Waals surface area contributed by atoms with Crippen molar-refractivity contribution in [1.82, 2.24) is 9.88 Å². The van der Waals surface area contributed by atoms with Crippen LogP contribution < -0.4 is 4.74 Å². The number of hydrogen-bond donors (Lipinski definition) is 0. The van der Waals surface area contributed by atoms with Gasteiger partial charge in [-0.2, -0.15) is 0 Å². The molecule has 2 heterocycles. The van der Waals surface area contributed by atoms with Gasteiger partial charge >= 0.3 is 0 Å². The maximum atomic E-state index is 12.6. The third kappa shape index (κ3) is 4.47. The van der Waals surface area contributed by atoms with Crippen LogP contribution in [0.1, 0.15) is 35.7 Å². The molecule has 1 aromatic heterocycles. The molecule has 1 fully saturated rings. The zero-order chi connectivity index (χ0) is 16.9. The molecular formula is C19H21IN2O2. The van der Waals surface area contributed by atoms with Crippen molar-refractivity contribution < 1.29 is 9.53 Å². The number of amides is 1. The normalized spacial score (nSPS) is 15.3. The Hall–Kier alpha value is -1.63. The Bertz CT molecular complexity index is 695. The Morgan fingerprint density at radius 1 is 1.25 bits per heavy atom. The highest BCUT2D eigenvalue weighted by molar-refractivity contribution is 14.1. The molecule has 2 aromatic rings. The Morgan fingerprint density at radius 3 is 2.67 bits per heavy atom. The lowest BCUT2D eigenvalue weighted by molar-refractivity contribution is 0.0696. The number of aromatic nitrogens is 1. The summed E-state index contributed by atoms with van der Waals surface area (Å²) in [4.78, 5) is 18.8. The van der Waals surface area contributed by atoms with Crippen LogP contribution in [0.15, 0.2) is 42.7 Å². The molecule has 4 nitrogen and oxygen atoms in total. The summed E-state index contributed by atoms with van der Waals surface area (Å²) in [5.41, 5.74) is 1.55. The summed E-state index contributed by atoms with van der Waals surface area (Å²) in [6.45, 7) is 4.32. The van der Waals surface area contributed by atoms with Gasteiger partial charge in [-0.3, -0.25) is 9.78 Å². The van der Waals surface area contributed by atoms with Crippen molar-refractivity contribution in [2.45, 2.75) is 26.4 Å². The highest BCUT2D eigenvalue weighted by atomic mass is 127. The van der Waals surface area contributed by atoms with Crippen LogP contribution in [0, 0.1) is 9.49 Å². The first-order valence-corrected chi connectivity index (χ1v) is 9.31. The van der Waals surface area contributed by atoms with Crippen LogP contribution in [0.4, 0.5) is 0 Å². The second-order valence-corrected chi connectivity index (χ2v) is 7.54. The van der Waals surface area contributed by atoms with Gasteiger partial charge < -0.3 is 9.64 Å². The number of benzene rings is 1. The molecule has 24 heavy (non-hydrogen) atoms. The van der Waals surface area contributed by atoms with Crippen molar-refractivity contribution in [3.8, 4) is 5.75 Å². The van der Waals surface area contributed by atoms with Gasteiger partial charge in [0.15, 0.2) is 0 Å². The Labute approximate surface area is 156 Å². The first-order valence-electron chi connectivity index (χ1n) is 8.23. The van der Waals surface area contributed by atoms with Crippen LogP contribution in [-0.2, 0) is 6.61 Å². The summed E-state index contributed by atoms with van der Waals surface area (Å²) < 4.78 is 6.94. The van der Waals surface area contributed by atoms with Crippen molar-refractivity contribution in [1.29, 1.82) is 0 Å². The zero-order valence-corrected chi connectivity index (χ0v) is 15.9. The second-order valence-electron chi connectivity index (χ2n) is 6.30. The average molecular weight is 436 g/mol. The summed E-state index contributed by atoms with van der Waals surface area (Å²) in [5, 5.41) is 0. The fourth-order valence-electron chi connectivity index (χ4n) is 2.78. The lowest BCUT2D eigenvalue weighted by atomic mass is 9.99. The molecule has 0 saturated carbocycles. The predicted molar refractivity (Wildman–Crippen MR) is 102 cm³/mol. The van der Waals surface area contributed by atoms with E-state index < -0.39 is 0 Å². The number of hydrogen-bond acceptors (Lipinski definition) is 3. The fraction of sp³-hybridized carbons (Fsp3) is 0.368. The molecule has 0 bridgehead atoms. The molecule has 1 saturated heterocycles. The molecule has 0 atom stereocenters. The highest BCUT2D eigenvalue weighted by Crippen LogP contribution is 2.19. The number of nitrogens with zero attached hydrogens (tertiary/aromatic N) is 2. The number of rotatable bonds is 4. The summed E-state index contributed by atoms with van der Waals surface area (Å²) in [6, 6.07) is 9.79. The first-order chi connectivity index (χ1) is 11.6. The SMILES string of the molecule is CC1CCN(C(=O)c2cncc(COc3ccc(I)cc3)c2)CC1. The van der Waals surface area contributed by atoms with Crippen LogP contribution in [0.5, 0.6) is 5.75 Å². The largest absolute Gasteiger partial charge is 0.489 e. The van der Waals surface area contributed by atoms with E-state index in [-0.39, 0.29) is 5.91 Å². The Morgan fingerprint density at radius 2 is 1.96 bits per heavy atom. The van der Waals surface area contributed by atoms with E-state index >= 15 is 0 Å². The van der Waals surface area contributed by atoms with E-state index in [1.54, 1.807) is 12.4 Å². The standard InChI is InChI=1S/C19H21IN2O2/c1-14-6-8-22(9-7-14)19(23)16-10-15(11-21-12-16)13-24-18-4-2-17(20)3-5-18/h2-5,10-12,14H,6-9,13H2,1H3. The van der Waals surface area contributed by atoms with Gasteiger partial charge in [0.05, 0.1) is 5.56 Å². The fourth-order valence-corrected chi connectivity index (χ4v) is 3.13. The van der Waals surface area contributed by atoms with E-state index in [0.29, 0.717) is 18.1 Å². The minimum Gasteiger partial charge on any atom is -0.489 e. The second kappa shape index (κ2) is 7.96. The van der Waals surface area contributed by atoms with E-state index in [1.807, 2.05) is 35.2 Å². The third-order valence-electron chi connectivity index (χ3n) is 4.33. The van der Waals surface area contributed by atoms with Crippen molar-refractivity contribution in [2.24, 2.45) is 5.92 Å². The lowest BCUT2D eigenvalue weighted by Gasteiger charge is -2.30. The van der Waals surface area contributed by atoms with Gasteiger partial charge in [0, 0.05) is 34.6 Å². The van der Waals surface area contributed by atoms with Gasteiger partial charge in [0.25, 0.3) is 5.91 Å². The number of ether oxygens (including phenoxy) is 1. The quantitative estimate of drug-likeness (QED) is 0.677. The van der Waals surface area contributed by atoms with E-state index in [2.05, 4.69) is 34.5 Å². The molecule has 126 valence electrons. The number of likely N-dealkylation sites (tertiary alicyclic amines) is 1. The lowest BCUT2D eigenvalue weighted by Crippen LogP contribution is -2.38. The molecule has 0 radical (unpaired) electrons. The van der Waals surface area contributed by atoms with Gasteiger partial charge in [-0.05, 0) is 71.7 Å². The van der Waals surface area contributed by atoms with Gasteiger partial charge in [0.2, 0.25) is 0 Å². The van der Waals surface area contributed by atoms with Crippen LogP contribution in [0.25, 0.3) is 0 Å². The van der Waals surface area contributed by atoms with Crippen LogP contribution in [0.3, 0.4) is 0 Å². The van der Waals surface area contributed by atoms with E-state index in [0.717, 1.165) is 37.2 Å². The van der Waals surface area contributed by atoms with E-state index in [4.69, 9.17) is 4.74 Å². The number of halogens is 1. The van der Waals surface area contributed by atoms with Gasteiger partial charge in [-0.25, -0.2) is 0 Å². The number of pyridine rings is 1. The molecule has 3 rings (SSSR count). The molecule has 1 aliphatic heterocycles. The highest BCUT2D eigenvalue weighted by Gasteiger charge is 2.21. The van der Waals surface area contributed by atoms with Crippen LogP contribution in [-0.4, -0.2) is 28.9 Å². The monoisotopic (exact) mass is 436 g/mol. The average Bonchev–Trinajstić information content (AvgIpc) is 2.61. The maximum Gasteiger partial charge on any atom is 0.255 e. The third-order valence-corrected chi connectivity index (χ3v) is 5.05. The zero-order valence-electron chi connectivity index (χ0n) is 13.7. The predicted octanol–water partition coefficient (Wildman–Crippen LogP) is 4.14. The van der Waals surface area contributed by atoms with Crippen LogP contribution >= 0.6 is 22.6 Å². The molecule has 0 unspecified atom stereocenters. The maximum absolute atomic E-state index is 12.6. The van der Waals surface area contributed by atoms with Gasteiger partial charge in [0.1, 0.15) is 12.4 Å². The first kappa shape index (κ1) is 17.2. The van der Waals surface area contributed by atoms with Crippen LogP contribution in [0.2, 0.25) is 0 Å². The number of carbonyl (C=O) groups is 1. The smallest absolute Gasteiger partial charge is 0.255 e. The minimum absolute atomic E-state index is 0.0746.